The van der Waals surface area contributed by atoms with Crippen molar-refractivity contribution >= 4 is 0 Å². The molecule has 0 bridgehead atoms. The van der Waals surface area contributed by atoms with Gasteiger partial charge in [0.25, 0.3) is 0 Å². The van der Waals surface area contributed by atoms with E-state index in [1.54, 1.807) is 4.68 Å². The number of rotatable bonds is 5. The average molecular weight is 473 g/mol. The zero-order valence-electron chi connectivity index (χ0n) is 19.6. The molecule has 4 heterocycles. The zero-order chi connectivity index (χ0) is 24.0. The Morgan fingerprint density at radius 1 is 0.971 bits per heavy atom. The maximum absolute atomic E-state index is 11.2. The number of nitrogens with zero attached hydrogens (tertiary/aromatic N) is 6. The molecule has 9 nitrogen and oxygen atoms in total. The molecule has 0 radical (unpaired) electrons. The molecule has 9 heteroatoms. The number of fused-ring (bicyclic) bond motifs is 1. The van der Waals surface area contributed by atoms with E-state index >= 15 is 0 Å². The molecule has 180 valence electrons. The van der Waals surface area contributed by atoms with Gasteiger partial charge in [0.05, 0.1) is 43.9 Å². The average Bonchev–Trinajstić information content (AvgIpc) is 3.62. The van der Waals surface area contributed by atoms with Crippen molar-refractivity contribution in [3.8, 4) is 33.6 Å². The van der Waals surface area contributed by atoms with Crippen molar-refractivity contribution in [2.45, 2.75) is 30.9 Å². The maximum Gasteiger partial charge on any atom is 0.159 e. The number of aromatic nitrogens is 6. The molecule has 1 aromatic carbocycles. The lowest BCUT2D eigenvalue weighted by Gasteiger charge is -2.46. The van der Waals surface area contributed by atoms with E-state index in [-0.39, 0.29) is 19.3 Å². The minimum Gasteiger partial charge on any atom is -0.396 e. The summed E-state index contributed by atoms with van der Waals surface area (Å²) in [7, 11) is 1.90. The van der Waals surface area contributed by atoms with Gasteiger partial charge in [-0.05, 0) is 24.5 Å². The molecule has 6 rings (SSSR count). The van der Waals surface area contributed by atoms with E-state index < -0.39 is 11.0 Å². The second-order valence-electron chi connectivity index (χ2n) is 9.85. The highest BCUT2D eigenvalue weighted by molar-refractivity contribution is 5.70. The largest absolute Gasteiger partial charge is 0.396 e. The van der Waals surface area contributed by atoms with Gasteiger partial charge in [0.15, 0.2) is 5.82 Å². The Bertz CT molecular complexity index is 1350. The van der Waals surface area contributed by atoms with E-state index in [0.29, 0.717) is 25.3 Å². The first kappa shape index (κ1) is 22.1. The van der Waals surface area contributed by atoms with Gasteiger partial charge in [-0.2, -0.15) is 10.2 Å². The van der Waals surface area contributed by atoms with E-state index in [9.17, 15) is 10.2 Å². The van der Waals surface area contributed by atoms with E-state index in [0.717, 1.165) is 34.2 Å². The third-order valence-electron chi connectivity index (χ3n) is 7.66. The molecule has 2 aliphatic rings. The number of hydrogen-bond donors (Lipinski definition) is 2. The van der Waals surface area contributed by atoms with Crippen LogP contribution < -0.4 is 0 Å². The summed E-state index contributed by atoms with van der Waals surface area (Å²) < 4.78 is 9.27. The van der Waals surface area contributed by atoms with Crippen LogP contribution in [-0.2, 0) is 11.8 Å². The fraction of sp³-hybridized carbons (Fsp3) is 0.385. The highest BCUT2D eigenvalue weighted by atomic mass is 16.5. The van der Waals surface area contributed by atoms with Gasteiger partial charge in [-0.3, -0.25) is 9.36 Å². The van der Waals surface area contributed by atoms with Crippen molar-refractivity contribution in [1.82, 2.24) is 29.5 Å². The first-order valence-corrected chi connectivity index (χ1v) is 11.9. The molecular weight excluding hydrogens is 444 g/mol. The third kappa shape index (κ3) is 3.76. The van der Waals surface area contributed by atoms with Crippen molar-refractivity contribution < 1.29 is 14.9 Å². The SMILES string of the molecule is Cn1cc(-c2cccc(-c3ncc(-c4cnn([C@H]5CCC6(CO)COC[C@]6(O)C5)c4)cn3)c2)cn1. The van der Waals surface area contributed by atoms with Gasteiger partial charge in [-0.1, -0.05) is 18.2 Å². The standard InChI is InChI=1S/C26H28N6O3/c1-31-13-21(11-29-31)18-3-2-4-19(7-18)24-27-9-20(10-28-24)22-12-30-32(14-22)23-5-6-25(15-33)16-35-17-26(25,34)8-23/h2-4,7,9-14,23,33-34H,5-6,8,15-17H2,1H3/t23-,25?,26+/m0/s1. The molecule has 0 spiro atoms. The molecule has 2 fully saturated rings. The molecule has 0 amide bonds. The fourth-order valence-corrected chi connectivity index (χ4v) is 5.44. The van der Waals surface area contributed by atoms with Gasteiger partial charge in [0.1, 0.15) is 0 Å². The Balaban J connectivity index is 1.20. The maximum atomic E-state index is 11.2. The first-order valence-electron chi connectivity index (χ1n) is 11.9. The summed E-state index contributed by atoms with van der Waals surface area (Å²) in [5.41, 5.74) is 3.28. The summed E-state index contributed by atoms with van der Waals surface area (Å²) in [5.74, 6) is 0.656. The lowest BCUT2D eigenvalue weighted by molar-refractivity contribution is -0.114. The van der Waals surface area contributed by atoms with Crippen LogP contribution in [0.1, 0.15) is 25.3 Å². The molecule has 4 aromatic rings. The zero-order valence-corrected chi connectivity index (χ0v) is 19.6. The van der Waals surface area contributed by atoms with Gasteiger partial charge in [-0.15, -0.1) is 0 Å². The van der Waals surface area contributed by atoms with Crippen LogP contribution in [0.3, 0.4) is 0 Å². The summed E-state index contributed by atoms with van der Waals surface area (Å²) in [5, 5.41) is 30.0. The van der Waals surface area contributed by atoms with Crippen molar-refractivity contribution in [1.29, 1.82) is 0 Å². The molecule has 1 aliphatic heterocycles. The summed E-state index contributed by atoms with van der Waals surface area (Å²) >= 11 is 0. The van der Waals surface area contributed by atoms with Crippen LogP contribution in [0, 0.1) is 5.41 Å². The minimum absolute atomic E-state index is 0.0468. The molecule has 35 heavy (non-hydrogen) atoms. The van der Waals surface area contributed by atoms with Gasteiger partial charge in [0, 0.05) is 65.9 Å². The van der Waals surface area contributed by atoms with Crippen LogP contribution >= 0.6 is 0 Å². The lowest BCUT2D eigenvalue weighted by Crippen LogP contribution is -2.54. The van der Waals surface area contributed by atoms with Gasteiger partial charge in [-0.25, -0.2) is 9.97 Å². The molecule has 2 N–H and O–H groups in total. The molecule has 1 aliphatic carbocycles. The van der Waals surface area contributed by atoms with Gasteiger partial charge >= 0.3 is 0 Å². The second-order valence-corrected chi connectivity index (χ2v) is 9.85. The van der Waals surface area contributed by atoms with Gasteiger partial charge < -0.3 is 14.9 Å². The Morgan fingerprint density at radius 2 is 1.74 bits per heavy atom. The number of benzene rings is 1. The monoisotopic (exact) mass is 472 g/mol. The Morgan fingerprint density at radius 3 is 2.51 bits per heavy atom. The summed E-state index contributed by atoms with van der Waals surface area (Å²) in [6.45, 7) is 0.608. The summed E-state index contributed by atoms with van der Waals surface area (Å²) in [4.78, 5) is 9.22. The summed E-state index contributed by atoms with van der Waals surface area (Å²) in [6.07, 6.45) is 13.3. The number of hydrogen-bond acceptors (Lipinski definition) is 7. The molecule has 1 saturated carbocycles. The molecule has 3 atom stereocenters. The number of aliphatic hydroxyl groups is 2. The number of aliphatic hydroxyl groups excluding tert-OH is 1. The molecule has 1 saturated heterocycles. The van der Waals surface area contributed by atoms with E-state index in [1.165, 1.54) is 0 Å². The van der Waals surface area contributed by atoms with E-state index in [1.807, 2.05) is 67.1 Å². The topological polar surface area (TPSA) is 111 Å². The molecular formula is C26H28N6O3. The predicted octanol–water partition coefficient (Wildman–Crippen LogP) is 2.87. The van der Waals surface area contributed by atoms with E-state index in [2.05, 4.69) is 26.2 Å². The second kappa shape index (κ2) is 8.37. The van der Waals surface area contributed by atoms with Crippen LogP contribution in [0.15, 0.2) is 61.4 Å². The Hall–Kier alpha value is -3.40. The third-order valence-corrected chi connectivity index (χ3v) is 7.66. The Labute approximate surface area is 203 Å². The van der Waals surface area contributed by atoms with Crippen LogP contribution in [-0.4, -0.2) is 65.2 Å². The Kier molecular flexibility index (Phi) is 5.28. The van der Waals surface area contributed by atoms with Crippen molar-refractivity contribution in [3.05, 3.63) is 61.4 Å². The highest BCUT2D eigenvalue weighted by Crippen LogP contribution is 2.51. The summed E-state index contributed by atoms with van der Waals surface area (Å²) in [6, 6.07) is 8.16. The molecule has 1 unspecified atom stereocenters. The fourth-order valence-electron chi connectivity index (χ4n) is 5.44. The first-order chi connectivity index (χ1) is 17.0. The molecule has 3 aromatic heterocycles. The van der Waals surface area contributed by atoms with Crippen molar-refractivity contribution in [2.24, 2.45) is 12.5 Å². The smallest absolute Gasteiger partial charge is 0.159 e. The van der Waals surface area contributed by atoms with E-state index in [4.69, 9.17) is 4.74 Å². The van der Waals surface area contributed by atoms with Crippen molar-refractivity contribution in [2.75, 3.05) is 19.8 Å². The normalized spacial score (nSPS) is 26.1. The lowest BCUT2D eigenvalue weighted by atomic mass is 9.64. The van der Waals surface area contributed by atoms with Crippen LogP contribution in [0.5, 0.6) is 0 Å². The predicted molar refractivity (Wildman–Crippen MR) is 129 cm³/mol. The van der Waals surface area contributed by atoms with Gasteiger partial charge in [0.2, 0.25) is 0 Å². The van der Waals surface area contributed by atoms with Crippen LogP contribution in [0.4, 0.5) is 0 Å². The number of aryl methyl sites for hydroxylation is 1. The van der Waals surface area contributed by atoms with Crippen LogP contribution in [0.2, 0.25) is 0 Å². The number of ether oxygens (including phenoxy) is 1. The minimum atomic E-state index is -1.02. The quantitative estimate of drug-likeness (QED) is 0.459. The van der Waals surface area contributed by atoms with Crippen LogP contribution in [0.25, 0.3) is 33.6 Å². The highest BCUT2D eigenvalue weighted by Gasteiger charge is 2.58. The van der Waals surface area contributed by atoms with Crippen molar-refractivity contribution in [3.63, 3.8) is 0 Å².